The Hall–Kier alpha value is -0.570. The van der Waals surface area contributed by atoms with Gasteiger partial charge in [-0.25, -0.2) is 0 Å². The van der Waals surface area contributed by atoms with Gasteiger partial charge in [0.2, 0.25) is 5.91 Å². The summed E-state index contributed by atoms with van der Waals surface area (Å²) in [5.74, 6) is 1.74. The molecule has 1 aliphatic heterocycles. The third kappa shape index (κ3) is 2.03. The van der Waals surface area contributed by atoms with Crippen molar-refractivity contribution < 1.29 is 4.79 Å². The molecule has 2 atom stereocenters. The van der Waals surface area contributed by atoms with Crippen molar-refractivity contribution in [1.82, 2.24) is 4.90 Å². The van der Waals surface area contributed by atoms with Crippen molar-refractivity contribution in [3.63, 3.8) is 0 Å². The molecule has 3 nitrogen and oxygen atoms in total. The Morgan fingerprint density at radius 2 is 2.13 bits per heavy atom. The van der Waals surface area contributed by atoms with Gasteiger partial charge in [0.15, 0.2) is 0 Å². The average molecular weight is 210 g/mol. The van der Waals surface area contributed by atoms with Crippen LogP contribution in [-0.2, 0) is 4.79 Å². The minimum absolute atomic E-state index is 0.221. The largest absolute Gasteiger partial charge is 0.346 e. The Morgan fingerprint density at radius 1 is 1.40 bits per heavy atom. The summed E-state index contributed by atoms with van der Waals surface area (Å²) < 4.78 is 0. The molecule has 1 heterocycles. The molecule has 86 valence electrons. The fraction of sp³-hybridized carbons (Fsp3) is 0.917. The van der Waals surface area contributed by atoms with Crippen molar-refractivity contribution in [2.45, 2.75) is 32.1 Å². The molecule has 2 rings (SSSR count). The number of nitrogens with zero attached hydrogens (tertiary/aromatic N) is 1. The van der Waals surface area contributed by atoms with Gasteiger partial charge in [-0.2, -0.15) is 0 Å². The van der Waals surface area contributed by atoms with E-state index in [9.17, 15) is 4.79 Å². The molecule has 0 bridgehead atoms. The maximum Gasteiger partial charge on any atom is 0.225 e. The van der Waals surface area contributed by atoms with Crippen LogP contribution in [0.5, 0.6) is 0 Å². The Bertz CT molecular complexity index is 238. The lowest BCUT2D eigenvalue weighted by Crippen LogP contribution is -2.46. The number of hydrogen-bond acceptors (Lipinski definition) is 2. The van der Waals surface area contributed by atoms with Gasteiger partial charge in [-0.05, 0) is 31.2 Å². The first-order valence-electron chi connectivity index (χ1n) is 6.19. The minimum atomic E-state index is 0.221. The number of nitrogens with two attached hydrogens (primary N) is 1. The number of hydrogen-bond donors (Lipinski definition) is 1. The summed E-state index contributed by atoms with van der Waals surface area (Å²) in [4.78, 5) is 13.9. The van der Waals surface area contributed by atoms with Crippen LogP contribution in [0, 0.1) is 17.8 Å². The number of carbonyl (C=O) groups excluding carboxylic acids is 1. The number of likely N-dealkylation sites (tertiary alicyclic amines) is 1. The second-order valence-electron chi connectivity index (χ2n) is 5.10. The lowest BCUT2D eigenvalue weighted by atomic mass is 9.68. The van der Waals surface area contributed by atoms with E-state index in [2.05, 4.69) is 0 Å². The van der Waals surface area contributed by atoms with E-state index in [0.29, 0.717) is 18.4 Å². The monoisotopic (exact) mass is 210 g/mol. The van der Waals surface area contributed by atoms with E-state index in [1.54, 1.807) is 0 Å². The summed E-state index contributed by atoms with van der Waals surface area (Å²) in [5.41, 5.74) is 5.85. The molecule has 3 heteroatoms. The van der Waals surface area contributed by atoms with Crippen LogP contribution >= 0.6 is 0 Å². The van der Waals surface area contributed by atoms with Gasteiger partial charge in [-0.1, -0.05) is 19.3 Å². The first-order valence-corrected chi connectivity index (χ1v) is 6.19. The van der Waals surface area contributed by atoms with E-state index in [-0.39, 0.29) is 5.92 Å². The lowest BCUT2D eigenvalue weighted by Gasteiger charge is -2.41. The number of rotatable bonds is 3. The Balaban J connectivity index is 2.02. The molecule has 0 radical (unpaired) electrons. The highest BCUT2D eigenvalue weighted by molar-refractivity contribution is 5.79. The van der Waals surface area contributed by atoms with Gasteiger partial charge in [0.25, 0.3) is 0 Å². The van der Waals surface area contributed by atoms with E-state index in [1.165, 1.54) is 19.3 Å². The van der Waals surface area contributed by atoms with Crippen LogP contribution in [0.2, 0.25) is 0 Å². The maximum absolute atomic E-state index is 12.0. The fourth-order valence-corrected chi connectivity index (χ4v) is 3.02. The lowest BCUT2D eigenvalue weighted by molar-refractivity contribution is -0.140. The van der Waals surface area contributed by atoms with Gasteiger partial charge in [-0.15, -0.1) is 0 Å². The van der Waals surface area contributed by atoms with Gasteiger partial charge >= 0.3 is 0 Å². The van der Waals surface area contributed by atoms with Crippen molar-refractivity contribution in [1.29, 1.82) is 0 Å². The quantitative estimate of drug-likeness (QED) is 0.761. The molecule has 0 aromatic heterocycles. The van der Waals surface area contributed by atoms with Gasteiger partial charge in [-0.3, -0.25) is 4.79 Å². The van der Waals surface area contributed by atoms with Gasteiger partial charge < -0.3 is 10.6 Å². The first-order chi connectivity index (χ1) is 7.24. The molecule has 15 heavy (non-hydrogen) atoms. The Kier molecular flexibility index (Phi) is 3.29. The Morgan fingerprint density at radius 3 is 2.67 bits per heavy atom. The molecule has 0 aromatic rings. The van der Waals surface area contributed by atoms with E-state index < -0.39 is 0 Å². The smallest absolute Gasteiger partial charge is 0.225 e. The number of piperidine rings is 1. The summed E-state index contributed by atoms with van der Waals surface area (Å²) in [5, 5.41) is 0. The summed E-state index contributed by atoms with van der Waals surface area (Å²) >= 11 is 0. The predicted molar refractivity (Wildman–Crippen MR) is 60.2 cm³/mol. The maximum atomic E-state index is 12.0. The topological polar surface area (TPSA) is 46.3 Å². The second kappa shape index (κ2) is 4.52. The van der Waals surface area contributed by atoms with Crippen LogP contribution in [0.4, 0.5) is 0 Å². The number of amides is 1. The molecule has 1 saturated carbocycles. The predicted octanol–water partition coefficient (Wildman–Crippen LogP) is 1.23. The normalized spacial score (nSPS) is 30.1. The highest BCUT2D eigenvalue weighted by atomic mass is 16.2. The zero-order valence-corrected chi connectivity index (χ0v) is 9.61. The van der Waals surface area contributed by atoms with Crippen molar-refractivity contribution in [2.24, 2.45) is 23.5 Å². The molecule has 0 spiro atoms. The number of carbonyl (C=O) groups is 1. The summed E-state index contributed by atoms with van der Waals surface area (Å²) in [7, 11) is 1.92. The van der Waals surface area contributed by atoms with Crippen LogP contribution in [0.15, 0.2) is 0 Å². The van der Waals surface area contributed by atoms with Gasteiger partial charge in [0.1, 0.15) is 0 Å². The van der Waals surface area contributed by atoms with Crippen molar-refractivity contribution in [3.05, 3.63) is 0 Å². The third-order valence-electron chi connectivity index (χ3n) is 4.25. The highest BCUT2D eigenvalue weighted by Crippen LogP contribution is 2.39. The standard InChI is InChI=1S/C12H22N2O/c1-14-7-3-6-10(12(14)15)11(8-13)9-4-2-5-9/h9-11H,2-8,13H2,1H3. The van der Waals surface area contributed by atoms with E-state index in [1.807, 2.05) is 11.9 Å². The minimum Gasteiger partial charge on any atom is -0.346 e. The molecular weight excluding hydrogens is 188 g/mol. The Labute approximate surface area is 92.0 Å². The molecule has 2 fully saturated rings. The van der Waals surface area contributed by atoms with Crippen molar-refractivity contribution >= 4 is 5.91 Å². The van der Waals surface area contributed by atoms with Gasteiger partial charge in [0, 0.05) is 19.5 Å². The van der Waals surface area contributed by atoms with E-state index in [4.69, 9.17) is 5.73 Å². The molecular formula is C12H22N2O. The van der Waals surface area contributed by atoms with Gasteiger partial charge in [0.05, 0.1) is 0 Å². The van der Waals surface area contributed by atoms with Crippen LogP contribution in [0.25, 0.3) is 0 Å². The highest BCUT2D eigenvalue weighted by Gasteiger charge is 2.38. The van der Waals surface area contributed by atoms with E-state index in [0.717, 1.165) is 25.3 Å². The summed E-state index contributed by atoms with van der Waals surface area (Å²) in [6, 6.07) is 0. The molecule has 1 saturated heterocycles. The molecule has 2 aliphatic rings. The molecule has 1 amide bonds. The SMILES string of the molecule is CN1CCCC(C(CN)C2CCC2)C1=O. The van der Waals surface area contributed by atoms with Crippen LogP contribution < -0.4 is 5.73 Å². The first kappa shape index (κ1) is 10.9. The second-order valence-corrected chi connectivity index (χ2v) is 5.10. The molecule has 0 aromatic carbocycles. The van der Waals surface area contributed by atoms with Crippen LogP contribution in [0.1, 0.15) is 32.1 Å². The fourth-order valence-electron chi connectivity index (χ4n) is 3.02. The zero-order valence-electron chi connectivity index (χ0n) is 9.61. The van der Waals surface area contributed by atoms with E-state index >= 15 is 0 Å². The summed E-state index contributed by atoms with van der Waals surface area (Å²) in [6.07, 6.45) is 6.11. The van der Waals surface area contributed by atoms with Crippen LogP contribution in [-0.4, -0.2) is 30.9 Å². The molecule has 2 unspecified atom stereocenters. The van der Waals surface area contributed by atoms with Crippen LogP contribution in [0.3, 0.4) is 0 Å². The van der Waals surface area contributed by atoms with Crippen molar-refractivity contribution in [2.75, 3.05) is 20.1 Å². The van der Waals surface area contributed by atoms with Crippen molar-refractivity contribution in [3.8, 4) is 0 Å². The average Bonchev–Trinajstić information content (AvgIpc) is 2.16. The summed E-state index contributed by atoms with van der Waals surface area (Å²) in [6.45, 7) is 1.62. The molecule has 1 aliphatic carbocycles. The molecule has 2 N–H and O–H groups in total. The zero-order chi connectivity index (χ0) is 10.8. The third-order valence-corrected chi connectivity index (χ3v) is 4.25.